The minimum Gasteiger partial charge on any atom is -0.455 e. The molecule has 2 aromatic heterocycles. The molecule has 3 rings (SSSR count). The maximum atomic E-state index is 5.71. The summed E-state index contributed by atoms with van der Waals surface area (Å²) in [6.45, 7) is 0. The summed E-state index contributed by atoms with van der Waals surface area (Å²) in [4.78, 5) is 0. The zero-order valence-corrected chi connectivity index (χ0v) is 12.6. The second-order valence-electron chi connectivity index (χ2n) is 3.96. The number of hydrogen-bond donors (Lipinski definition) is 1. The molecule has 0 saturated heterocycles. The topological polar surface area (TPSA) is 59.1 Å². The van der Waals surface area contributed by atoms with Gasteiger partial charge in [-0.3, -0.25) is 5.10 Å². The third kappa shape index (κ3) is 2.78. The number of H-pyrrole nitrogens is 1. The van der Waals surface area contributed by atoms with E-state index in [-0.39, 0.29) is 0 Å². The van der Waals surface area contributed by atoms with Crippen molar-refractivity contribution in [2.45, 2.75) is 0 Å². The van der Waals surface area contributed by atoms with Gasteiger partial charge in [0.1, 0.15) is 17.8 Å². The summed E-state index contributed by atoms with van der Waals surface area (Å²) in [5.41, 5.74) is 1.01. The van der Waals surface area contributed by atoms with E-state index in [1.165, 1.54) is 11.0 Å². The van der Waals surface area contributed by atoms with Crippen LogP contribution in [0.4, 0.5) is 0 Å². The van der Waals surface area contributed by atoms with E-state index in [2.05, 4.69) is 31.2 Å². The van der Waals surface area contributed by atoms with Crippen molar-refractivity contribution in [3.63, 3.8) is 0 Å². The van der Waals surface area contributed by atoms with Gasteiger partial charge in [0.25, 0.3) is 0 Å². The number of hydrogen-bond acceptors (Lipinski definition) is 4. The molecule has 2 heterocycles. The first-order chi connectivity index (χ1) is 9.72. The fourth-order valence-corrected chi connectivity index (χ4v) is 2.05. The fraction of sp³-hybridized carbons (Fsp3) is 0. The molecule has 0 atom stereocenters. The average molecular weight is 349 g/mol. The van der Waals surface area contributed by atoms with Gasteiger partial charge in [-0.05, 0) is 36.5 Å². The molecule has 0 fully saturated rings. The molecular formula is C13H9BrN4OS. The Bertz CT molecular complexity index is 800. The molecule has 5 nitrogen and oxygen atoms in total. The zero-order chi connectivity index (χ0) is 13.9. The molecule has 20 heavy (non-hydrogen) atoms. The second-order valence-corrected chi connectivity index (χ2v) is 5.26. The molecule has 0 spiro atoms. The molecule has 0 aliphatic carbocycles. The first kappa shape index (κ1) is 13.0. The van der Waals surface area contributed by atoms with Crippen LogP contribution in [0, 0.1) is 4.77 Å². The maximum absolute atomic E-state index is 5.71. The number of halogens is 1. The Hall–Kier alpha value is -1.99. The van der Waals surface area contributed by atoms with Gasteiger partial charge in [-0.1, -0.05) is 28.1 Å². The number of benzene rings is 1. The van der Waals surface area contributed by atoms with Gasteiger partial charge in [0.05, 0.1) is 6.21 Å². The average Bonchev–Trinajstić information content (AvgIpc) is 3.06. The van der Waals surface area contributed by atoms with Crippen LogP contribution >= 0.6 is 28.1 Å². The summed E-state index contributed by atoms with van der Waals surface area (Å²) in [7, 11) is 0. The van der Waals surface area contributed by atoms with Gasteiger partial charge in [-0.25, -0.2) is 0 Å². The number of aromatic nitrogens is 3. The van der Waals surface area contributed by atoms with Crippen LogP contribution in [0.2, 0.25) is 0 Å². The molecule has 100 valence electrons. The van der Waals surface area contributed by atoms with Crippen molar-refractivity contribution in [3.8, 4) is 11.3 Å². The van der Waals surface area contributed by atoms with E-state index in [4.69, 9.17) is 16.6 Å². The Kier molecular flexibility index (Phi) is 3.62. The standard InChI is InChI=1S/C13H9BrN4OS/c14-10-3-1-9(2-4-10)12-6-5-11(19-12)7-16-18-8-15-17-13(18)20/h1-8H,(H,17,20)/b16-7-. The molecule has 1 N–H and O–H groups in total. The summed E-state index contributed by atoms with van der Waals surface area (Å²) >= 11 is 8.39. The largest absolute Gasteiger partial charge is 0.455 e. The van der Waals surface area contributed by atoms with Crippen LogP contribution in [-0.4, -0.2) is 21.1 Å². The van der Waals surface area contributed by atoms with Crippen molar-refractivity contribution in [1.82, 2.24) is 14.9 Å². The van der Waals surface area contributed by atoms with Gasteiger partial charge < -0.3 is 4.42 Å². The van der Waals surface area contributed by atoms with Crippen molar-refractivity contribution in [1.29, 1.82) is 0 Å². The van der Waals surface area contributed by atoms with Gasteiger partial charge >= 0.3 is 0 Å². The van der Waals surface area contributed by atoms with Crippen LogP contribution in [-0.2, 0) is 0 Å². The highest BCUT2D eigenvalue weighted by atomic mass is 79.9. The normalized spacial score (nSPS) is 11.2. The lowest BCUT2D eigenvalue weighted by molar-refractivity contribution is 0.574. The first-order valence-electron chi connectivity index (χ1n) is 5.74. The minimum atomic E-state index is 0.431. The lowest BCUT2D eigenvalue weighted by atomic mass is 10.2. The van der Waals surface area contributed by atoms with Crippen molar-refractivity contribution in [2.75, 3.05) is 0 Å². The highest BCUT2D eigenvalue weighted by Crippen LogP contribution is 2.23. The van der Waals surface area contributed by atoms with Crippen molar-refractivity contribution in [2.24, 2.45) is 5.10 Å². The Morgan fingerprint density at radius 2 is 2.05 bits per heavy atom. The lowest BCUT2D eigenvalue weighted by Crippen LogP contribution is -1.87. The van der Waals surface area contributed by atoms with E-state index in [0.717, 1.165) is 15.8 Å². The van der Waals surface area contributed by atoms with E-state index in [1.54, 1.807) is 6.21 Å². The van der Waals surface area contributed by atoms with Crippen LogP contribution in [0.15, 0.2) is 56.7 Å². The molecule has 0 aliphatic heterocycles. The zero-order valence-electron chi connectivity index (χ0n) is 10.2. The molecule has 0 radical (unpaired) electrons. The van der Waals surface area contributed by atoms with Crippen molar-refractivity contribution in [3.05, 3.63) is 57.7 Å². The monoisotopic (exact) mass is 348 g/mol. The van der Waals surface area contributed by atoms with E-state index in [9.17, 15) is 0 Å². The van der Waals surface area contributed by atoms with Crippen LogP contribution in [0.5, 0.6) is 0 Å². The second kappa shape index (κ2) is 5.56. The quantitative estimate of drug-likeness (QED) is 0.577. The molecule has 0 amide bonds. The number of nitrogens with zero attached hydrogens (tertiary/aromatic N) is 3. The van der Waals surface area contributed by atoms with E-state index in [0.29, 0.717) is 10.5 Å². The highest BCUT2D eigenvalue weighted by molar-refractivity contribution is 9.10. The summed E-state index contributed by atoms with van der Waals surface area (Å²) in [5.74, 6) is 1.43. The number of aromatic amines is 1. The number of furan rings is 1. The van der Waals surface area contributed by atoms with Gasteiger partial charge in [0.2, 0.25) is 4.77 Å². The predicted molar refractivity (Wildman–Crippen MR) is 82.2 cm³/mol. The molecule has 0 saturated carbocycles. The summed E-state index contributed by atoms with van der Waals surface area (Å²) in [6.07, 6.45) is 3.09. The Labute approximate surface area is 128 Å². The Balaban J connectivity index is 1.84. The fourth-order valence-electron chi connectivity index (χ4n) is 1.64. The number of nitrogens with one attached hydrogen (secondary N) is 1. The number of rotatable bonds is 3. The summed E-state index contributed by atoms with van der Waals surface area (Å²) in [5, 5.41) is 10.5. The van der Waals surface area contributed by atoms with E-state index >= 15 is 0 Å². The SMILES string of the molecule is S=c1[nH]ncn1/N=C\c1ccc(-c2ccc(Br)cc2)o1. The Morgan fingerprint density at radius 3 is 2.75 bits per heavy atom. The smallest absolute Gasteiger partial charge is 0.216 e. The van der Waals surface area contributed by atoms with Crippen molar-refractivity contribution < 1.29 is 4.42 Å². The van der Waals surface area contributed by atoms with Crippen LogP contribution < -0.4 is 0 Å². The predicted octanol–water partition coefficient (Wildman–Crippen LogP) is 3.85. The molecule has 7 heteroatoms. The van der Waals surface area contributed by atoms with Gasteiger partial charge in [0.15, 0.2) is 0 Å². The van der Waals surface area contributed by atoms with E-state index in [1.807, 2.05) is 36.4 Å². The molecule has 1 aromatic carbocycles. The molecular weight excluding hydrogens is 340 g/mol. The van der Waals surface area contributed by atoms with Crippen LogP contribution in [0.1, 0.15) is 5.76 Å². The van der Waals surface area contributed by atoms with Crippen molar-refractivity contribution >= 4 is 34.4 Å². The minimum absolute atomic E-state index is 0.431. The van der Waals surface area contributed by atoms with Gasteiger partial charge in [-0.2, -0.15) is 14.9 Å². The lowest BCUT2D eigenvalue weighted by Gasteiger charge is -1.96. The molecule has 0 aliphatic rings. The van der Waals surface area contributed by atoms with Crippen LogP contribution in [0.3, 0.4) is 0 Å². The van der Waals surface area contributed by atoms with Gasteiger partial charge in [0, 0.05) is 10.0 Å². The molecule has 3 aromatic rings. The summed E-state index contributed by atoms with van der Waals surface area (Å²) in [6, 6.07) is 11.7. The first-order valence-corrected chi connectivity index (χ1v) is 6.95. The maximum Gasteiger partial charge on any atom is 0.216 e. The van der Waals surface area contributed by atoms with E-state index < -0.39 is 0 Å². The third-order valence-corrected chi connectivity index (χ3v) is 3.41. The molecule has 0 bridgehead atoms. The molecule has 0 unspecified atom stereocenters. The Morgan fingerprint density at radius 1 is 1.25 bits per heavy atom. The third-order valence-electron chi connectivity index (χ3n) is 2.60. The van der Waals surface area contributed by atoms with Gasteiger partial charge in [-0.15, -0.1) is 0 Å². The summed E-state index contributed by atoms with van der Waals surface area (Å²) < 4.78 is 8.62. The van der Waals surface area contributed by atoms with Crippen LogP contribution in [0.25, 0.3) is 11.3 Å². The highest BCUT2D eigenvalue weighted by Gasteiger charge is 2.03.